The highest BCUT2D eigenvalue weighted by Gasteiger charge is 2.20. The van der Waals surface area contributed by atoms with Gasteiger partial charge in [-0.1, -0.05) is 30.3 Å². The van der Waals surface area contributed by atoms with Crippen molar-refractivity contribution in [2.24, 2.45) is 0 Å². The summed E-state index contributed by atoms with van der Waals surface area (Å²) in [5.41, 5.74) is 1.63. The Bertz CT molecular complexity index is 588. The zero-order valence-corrected chi connectivity index (χ0v) is 13.9. The Morgan fingerprint density at radius 2 is 1.91 bits per heavy atom. The molecular formula is C18H25N3O2. The summed E-state index contributed by atoms with van der Waals surface area (Å²) in [6.45, 7) is 6.89. The number of carbonyl (C=O) groups is 1. The maximum atomic E-state index is 12.1. The van der Waals surface area contributed by atoms with E-state index >= 15 is 0 Å². The van der Waals surface area contributed by atoms with Gasteiger partial charge in [-0.25, -0.2) is 4.79 Å². The maximum absolute atomic E-state index is 12.1. The van der Waals surface area contributed by atoms with Crippen LogP contribution >= 0.6 is 0 Å². The summed E-state index contributed by atoms with van der Waals surface area (Å²) < 4.78 is 5.36. The molecule has 0 fully saturated rings. The van der Waals surface area contributed by atoms with Crippen molar-refractivity contribution in [3.05, 3.63) is 59.9 Å². The van der Waals surface area contributed by atoms with Crippen molar-refractivity contribution < 1.29 is 9.53 Å². The van der Waals surface area contributed by atoms with E-state index < -0.39 is 11.7 Å². The van der Waals surface area contributed by atoms with Crippen molar-refractivity contribution in [2.45, 2.75) is 39.0 Å². The normalized spacial score (nSPS) is 12.7. The lowest BCUT2D eigenvalue weighted by atomic mass is 10.1. The van der Waals surface area contributed by atoms with Crippen LogP contribution in [-0.2, 0) is 11.3 Å². The summed E-state index contributed by atoms with van der Waals surface area (Å²) in [6.07, 6.45) is 1.48. The van der Waals surface area contributed by atoms with Gasteiger partial charge >= 0.3 is 6.09 Å². The molecule has 0 aliphatic heterocycles. The lowest BCUT2D eigenvalue weighted by Crippen LogP contribution is -2.39. The Labute approximate surface area is 137 Å². The van der Waals surface area contributed by atoms with E-state index in [2.05, 4.69) is 15.6 Å². The molecule has 1 aromatic heterocycles. The number of aromatic nitrogens is 1. The first-order valence-corrected chi connectivity index (χ1v) is 7.81. The van der Waals surface area contributed by atoms with Crippen LogP contribution in [0, 0.1) is 0 Å². The average Bonchev–Trinajstić information content (AvgIpc) is 2.98. The van der Waals surface area contributed by atoms with Gasteiger partial charge in [0.25, 0.3) is 0 Å². The summed E-state index contributed by atoms with van der Waals surface area (Å²) in [7, 11) is 0. The number of amides is 1. The molecule has 5 nitrogen and oxygen atoms in total. The molecule has 0 spiro atoms. The van der Waals surface area contributed by atoms with Gasteiger partial charge < -0.3 is 20.4 Å². The molecule has 1 aromatic carbocycles. The molecule has 0 aliphatic rings. The topological polar surface area (TPSA) is 66.2 Å². The number of benzene rings is 1. The zero-order chi connectivity index (χ0) is 16.7. The summed E-state index contributed by atoms with van der Waals surface area (Å²) in [5, 5.41) is 6.29. The number of carbonyl (C=O) groups excluding carboxylic acids is 1. The highest BCUT2D eigenvalue weighted by molar-refractivity contribution is 5.68. The lowest BCUT2D eigenvalue weighted by Gasteiger charge is -2.24. The minimum Gasteiger partial charge on any atom is -0.444 e. The van der Waals surface area contributed by atoms with Crippen LogP contribution < -0.4 is 10.6 Å². The minimum absolute atomic E-state index is 0.152. The summed E-state index contributed by atoms with van der Waals surface area (Å²) in [5.74, 6) is 0. The third kappa shape index (κ3) is 6.16. The highest BCUT2D eigenvalue weighted by Crippen LogP contribution is 2.14. The molecular weight excluding hydrogens is 290 g/mol. The maximum Gasteiger partial charge on any atom is 0.408 e. The van der Waals surface area contributed by atoms with Gasteiger partial charge in [0.15, 0.2) is 0 Å². The standard InChI is InChI=1S/C18H25N3O2/c1-18(2,3)23-17(22)21-16(14-8-5-4-6-9-14)13-19-12-15-10-7-11-20-15/h4-11,16,19-20H,12-13H2,1-3H3,(H,21,22). The van der Waals surface area contributed by atoms with Crippen molar-refractivity contribution >= 4 is 6.09 Å². The van der Waals surface area contributed by atoms with Gasteiger partial charge in [-0.2, -0.15) is 0 Å². The molecule has 1 unspecified atom stereocenters. The molecule has 0 radical (unpaired) electrons. The van der Waals surface area contributed by atoms with E-state index in [0.29, 0.717) is 13.1 Å². The summed E-state index contributed by atoms with van der Waals surface area (Å²) >= 11 is 0. The number of aromatic amines is 1. The lowest BCUT2D eigenvalue weighted by molar-refractivity contribution is 0.0503. The van der Waals surface area contributed by atoms with Crippen molar-refractivity contribution in [1.82, 2.24) is 15.6 Å². The fourth-order valence-electron chi connectivity index (χ4n) is 2.22. The van der Waals surface area contributed by atoms with Crippen LogP contribution in [0.5, 0.6) is 0 Å². The van der Waals surface area contributed by atoms with Gasteiger partial charge in [0, 0.05) is 25.0 Å². The van der Waals surface area contributed by atoms with E-state index in [1.165, 1.54) is 0 Å². The molecule has 3 N–H and O–H groups in total. The van der Waals surface area contributed by atoms with Gasteiger partial charge in [-0.3, -0.25) is 0 Å². The predicted octanol–water partition coefficient (Wildman–Crippen LogP) is 3.37. The molecule has 2 aromatic rings. The monoisotopic (exact) mass is 315 g/mol. The van der Waals surface area contributed by atoms with Gasteiger partial charge in [0.2, 0.25) is 0 Å². The molecule has 1 heterocycles. The number of hydrogen-bond acceptors (Lipinski definition) is 3. The largest absolute Gasteiger partial charge is 0.444 e. The van der Waals surface area contributed by atoms with Crippen LogP contribution in [-0.4, -0.2) is 23.2 Å². The Morgan fingerprint density at radius 3 is 2.52 bits per heavy atom. The summed E-state index contributed by atoms with van der Waals surface area (Å²) in [6, 6.07) is 13.7. The predicted molar refractivity (Wildman–Crippen MR) is 91.1 cm³/mol. The number of H-pyrrole nitrogens is 1. The van der Waals surface area contributed by atoms with Crippen LogP contribution in [0.3, 0.4) is 0 Å². The summed E-state index contributed by atoms with van der Waals surface area (Å²) in [4.78, 5) is 15.2. The van der Waals surface area contributed by atoms with E-state index in [4.69, 9.17) is 4.74 Å². The van der Waals surface area contributed by atoms with Crippen LogP contribution in [0.25, 0.3) is 0 Å². The van der Waals surface area contributed by atoms with E-state index in [9.17, 15) is 4.79 Å². The average molecular weight is 315 g/mol. The quantitative estimate of drug-likeness (QED) is 0.765. The first-order valence-electron chi connectivity index (χ1n) is 7.81. The van der Waals surface area contributed by atoms with Gasteiger partial charge in [0.05, 0.1) is 6.04 Å². The number of nitrogens with one attached hydrogen (secondary N) is 3. The van der Waals surface area contributed by atoms with Crippen LogP contribution in [0.2, 0.25) is 0 Å². The van der Waals surface area contributed by atoms with Crippen LogP contribution in [0.4, 0.5) is 4.79 Å². The number of alkyl carbamates (subject to hydrolysis) is 1. The van der Waals surface area contributed by atoms with Gasteiger partial charge in [-0.15, -0.1) is 0 Å². The van der Waals surface area contributed by atoms with Crippen LogP contribution in [0.15, 0.2) is 48.7 Å². The molecule has 23 heavy (non-hydrogen) atoms. The highest BCUT2D eigenvalue weighted by atomic mass is 16.6. The first kappa shape index (κ1) is 17.1. The minimum atomic E-state index is -0.511. The third-order valence-corrected chi connectivity index (χ3v) is 3.22. The van der Waals surface area contributed by atoms with Crippen molar-refractivity contribution in [3.8, 4) is 0 Å². The molecule has 124 valence electrons. The Hall–Kier alpha value is -2.27. The number of rotatable bonds is 6. The van der Waals surface area contributed by atoms with E-state index in [-0.39, 0.29) is 6.04 Å². The van der Waals surface area contributed by atoms with E-state index in [1.54, 1.807) is 0 Å². The second-order valence-electron chi connectivity index (χ2n) is 6.44. The molecule has 1 atom stereocenters. The van der Waals surface area contributed by atoms with Crippen molar-refractivity contribution in [2.75, 3.05) is 6.54 Å². The fourth-order valence-corrected chi connectivity index (χ4v) is 2.22. The Morgan fingerprint density at radius 1 is 1.17 bits per heavy atom. The molecule has 0 saturated carbocycles. The smallest absolute Gasteiger partial charge is 0.408 e. The first-order chi connectivity index (χ1) is 10.9. The van der Waals surface area contributed by atoms with E-state index in [1.807, 2.05) is 69.4 Å². The SMILES string of the molecule is CC(C)(C)OC(=O)NC(CNCc1ccc[nH]1)c1ccccc1. The molecule has 0 saturated heterocycles. The molecule has 0 bridgehead atoms. The fraction of sp³-hybridized carbons (Fsp3) is 0.389. The van der Waals surface area contributed by atoms with Gasteiger partial charge in [-0.05, 0) is 38.5 Å². The zero-order valence-electron chi connectivity index (χ0n) is 13.9. The number of hydrogen-bond donors (Lipinski definition) is 3. The van der Waals surface area contributed by atoms with E-state index in [0.717, 1.165) is 11.3 Å². The Kier molecular flexibility index (Phi) is 5.82. The second-order valence-corrected chi connectivity index (χ2v) is 6.44. The third-order valence-electron chi connectivity index (χ3n) is 3.22. The molecule has 0 aliphatic carbocycles. The molecule has 5 heteroatoms. The van der Waals surface area contributed by atoms with Crippen molar-refractivity contribution in [3.63, 3.8) is 0 Å². The second kappa shape index (κ2) is 7.83. The van der Waals surface area contributed by atoms with Crippen molar-refractivity contribution in [1.29, 1.82) is 0 Å². The molecule has 1 amide bonds. The molecule has 2 rings (SSSR count). The van der Waals surface area contributed by atoms with Gasteiger partial charge in [0.1, 0.15) is 5.60 Å². The van der Waals surface area contributed by atoms with Crippen LogP contribution in [0.1, 0.15) is 38.1 Å². The Balaban J connectivity index is 1.96. The number of ether oxygens (including phenoxy) is 1.